The van der Waals surface area contributed by atoms with Gasteiger partial charge in [0.1, 0.15) is 4.75 Å². The van der Waals surface area contributed by atoms with Gasteiger partial charge in [-0.05, 0) is 33.3 Å². The standard InChI is InChI=1S/C12H19NOS/c1-10(11-8-6-5-7-9-11)13-15(14)12(2,3)4/h5-10,13H,1-4H3/t10-,15-/m0/s1. The van der Waals surface area contributed by atoms with Crippen molar-refractivity contribution < 1.29 is 4.55 Å². The Morgan fingerprint density at radius 3 is 2.20 bits per heavy atom. The minimum Gasteiger partial charge on any atom is -0.598 e. The van der Waals surface area contributed by atoms with Gasteiger partial charge in [0.15, 0.2) is 0 Å². The third-order valence-electron chi connectivity index (χ3n) is 2.14. The van der Waals surface area contributed by atoms with Crippen molar-refractivity contribution >= 4 is 11.4 Å². The number of benzene rings is 1. The molecule has 1 aromatic rings. The van der Waals surface area contributed by atoms with E-state index in [2.05, 4.69) is 4.72 Å². The van der Waals surface area contributed by atoms with Crippen molar-refractivity contribution in [3.8, 4) is 0 Å². The SMILES string of the molecule is C[C@H](N[S@@+]([O-])C(C)(C)C)c1ccccc1. The molecule has 2 atom stereocenters. The molecule has 0 heterocycles. The van der Waals surface area contributed by atoms with Crippen LogP contribution in [-0.2, 0) is 11.4 Å². The highest BCUT2D eigenvalue weighted by atomic mass is 32.2. The molecular weight excluding hydrogens is 206 g/mol. The maximum Gasteiger partial charge on any atom is 0.136 e. The van der Waals surface area contributed by atoms with Gasteiger partial charge in [0.2, 0.25) is 0 Å². The first-order chi connectivity index (χ1) is 6.91. The normalized spacial score (nSPS) is 16.1. The lowest BCUT2D eigenvalue weighted by Gasteiger charge is -2.26. The molecule has 0 aliphatic heterocycles. The Labute approximate surface area is 95.4 Å². The molecule has 0 aliphatic rings. The van der Waals surface area contributed by atoms with Crippen molar-refractivity contribution in [1.82, 2.24) is 4.72 Å². The second kappa shape index (κ2) is 5.01. The predicted octanol–water partition coefficient (Wildman–Crippen LogP) is 2.80. The Balaban J connectivity index is 2.61. The zero-order chi connectivity index (χ0) is 11.5. The summed E-state index contributed by atoms with van der Waals surface area (Å²) < 4.78 is 14.7. The highest BCUT2D eigenvalue weighted by Gasteiger charge is 2.28. The van der Waals surface area contributed by atoms with Crippen molar-refractivity contribution in [2.24, 2.45) is 0 Å². The third-order valence-corrected chi connectivity index (χ3v) is 3.82. The van der Waals surface area contributed by atoms with Gasteiger partial charge in [-0.3, -0.25) is 0 Å². The number of hydrogen-bond acceptors (Lipinski definition) is 2. The van der Waals surface area contributed by atoms with Crippen molar-refractivity contribution in [2.45, 2.75) is 38.5 Å². The molecule has 1 aromatic carbocycles. The van der Waals surface area contributed by atoms with Gasteiger partial charge in [-0.15, -0.1) is 4.72 Å². The van der Waals surface area contributed by atoms with Gasteiger partial charge in [-0.1, -0.05) is 30.3 Å². The zero-order valence-corrected chi connectivity index (χ0v) is 10.6. The molecular formula is C12H19NOS. The minimum atomic E-state index is -1.02. The van der Waals surface area contributed by atoms with Crippen LogP contribution in [-0.4, -0.2) is 9.30 Å². The lowest BCUT2D eigenvalue weighted by atomic mass is 10.1. The second-order valence-electron chi connectivity index (χ2n) is 4.63. The Bertz CT molecular complexity index is 294. The lowest BCUT2D eigenvalue weighted by Crippen LogP contribution is -2.40. The van der Waals surface area contributed by atoms with Gasteiger partial charge in [0.25, 0.3) is 0 Å². The van der Waals surface area contributed by atoms with Crippen LogP contribution in [0, 0.1) is 0 Å². The largest absolute Gasteiger partial charge is 0.598 e. The lowest BCUT2D eigenvalue weighted by molar-refractivity contribution is 0.531. The van der Waals surface area contributed by atoms with E-state index in [0.717, 1.165) is 5.56 Å². The fourth-order valence-corrected chi connectivity index (χ4v) is 1.96. The minimum absolute atomic E-state index is 0.117. The van der Waals surface area contributed by atoms with Crippen LogP contribution in [0.1, 0.15) is 39.3 Å². The van der Waals surface area contributed by atoms with E-state index >= 15 is 0 Å². The summed E-state index contributed by atoms with van der Waals surface area (Å²) in [7, 11) is 0. The molecule has 0 aromatic heterocycles. The van der Waals surface area contributed by atoms with Crippen LogP contribution in [0.15, 0.2) is 30.3 Å². The number of nitrogens with one attached hydrogen (secondary N) is 1. The van der Waals surface area contributed by atoms with Crippen molar-refractivity contribution in [3.05, 3.63) is 35.9 Å². The molecule has 1 N–H and O–H groups in total. The summed E-state index contributed by atoms with van der Waals surface area (Å²) in [5.41, 5.74) is 1.16. The summed E-state index contributed by atoms with van der Waals surface area (Å²) >= 11 is -1.02. The summed E-state index contributed by atoms with van der Waals surface area (Å²) in [5.74, 6) is 0. The van der Waals surface area contributed by atoms with Crippen LogP contribution in [0.4, 0.5) is 0 Å². The van der Waals surface area contributed by atoms with Gasteiger partial charge in [0, 0.05) is 11.4 Å². The van der Waals surface area contributed by atoms with Crippen LogP contribution >= 0.6 is 0 Å². The van der Waals surface area contributed by atoms with Gasteiger partial charge in [-0.25, -0.2) is 0 Å². The average molecular weight is 225 g/mol. The average Bonchev–Trinajstić information content (AvgIpc) is 2.17. The first-order valence-corrected chi connectivity index (χ1v) is 6.29. The van der Waals surface area contributed by atoms with Crippen LogP contribution < -0.4 is 4.72 Å². The van der Waals surface area contributed by atoms with E-state index in [0.29, 0.717) is 0 Å². The molecule has 0 spiro atoms. The van der Waals surface area contributed by atoms with Gasteiger partial charge in [0.05, 0.1) is 6.04 Å². The van der Waals surface area contributed by atoms with Gasteiger partial charge in [-0.2, -0.15) is 0 Å². The highest BCUT2D eigenvalue weighted by molar-refractivity contribution is 7.90. The van der Waals surface area contributed by atoms with Crippen molar-refractivity contribution in [3.63, 3.8) is 0 Å². The summed E-state index contributed by atoms with van der Waals surface area (Å²) in [6, 6.07) is 10.2. The van der Waals surface area contributed by atoms with E-state index in [-0.39, 0.29) is 10.8 Å². The summed E-state index contributed by atoms with van der Waals surface area (Å²) in [6.07, 6.45) is 0. The predicted molar refractivity (Wildman–Crippen MR) is 65.9 cm³/mol. The topological polar surface area (TPSA) is 35.1 Å². The summed E-state index contributed by atoms with van der Waals surface area (Å²) in [6.45, 7) is 7.93. The maximum atomic E-state index is 11.8. The first-order valence-electron chi connectivity index (χ1n) is 5.14. The molecule has 1 rings (SSSR count). The van der Waals surface area contributed by atoms with Gasteiger partial charge < -0.3 is 4.55 Å². The van der Waals surface area contributed by atoms with Crippen molar-refractivity contribution in [2.75, 3.05) is 0 Å². The van der Waals surface area contributed by atoms with Crippen LogP contribution in [0.25, 0.3) is 0 Å². The first kappa shape index (κ1) is 12.6. The highest BCUT2D eigenvalue weighted by Crippen LogP contribution is 2.19. The van der Waals surface area contributed by atoms with E-state index in [1.807, 2.05) is 58.0 Å². The van der Waals surface area contributed by atoms with E-state index in [1.54, 1.807) is 0 Å². The fourth-order valence-electron chi connectivity index (χ4n) is 1.15. The Morgan fingerprint density at radius 1 is 1.20 bits per heavy atom. The molecule has 3 heteroatoms. The molecule has 0 aliphatic carbocycles. The third kappa shape index (κ3) is 3.86. The molecule has 15 heavy (non-hydrogen) atoms. The zero-order valence-electron chi connectivity index (χ0n) is 9.78. The number of hydrogen-bond donors (Lipinski definition) is 1. The van der Waals surface area contributed by atoms with E-state index in [4.69, 9.17) is 0 Å². The summed E-state index contributed by atoms with van der Waals surface area (Å²) in [5, 5.41) is 0. The van der Waals surface area contributed by atoms with Crippen LogP contribution in [0.2, 0.25) is 0 Å². The molecule has 0 radical (unpaired) electrons. The molecule has 0 bridgehead atoms. The number of rotatable bonds is 3. The van der Waals surface area contributed by atoms with Crippen LogP contribution in [0.5, 0.6) is 0 Å². The molecule has 0 amide bonds. The molecule has 2 nitrogen and oxygen atoms in total. The van der Waals surface area contributed by atoms with Crippen LogP contribution in [0.3, 0.4) is 0 Å². The monoisotopic (exact) mass is 225 g/mol. The molecule has 0 saturated heterocycles. The summed E-state index contributed by atoms with van der Waals surface area (Å²) in [4.78, 5) is 0. The molecule has 0 fully saturated rings. The molecule has 84 valence electrons. The maximum absolute atomic E-state index is 11.8. The Kier molecular flexibility index (Phi) is 4.20. The fraction of sp³-hybridized carbons (Fsp3) is 0.500. The van der Waals surface area contributed by atoms with E-state index < -0.39 is 11.4 Å². The second-order valence-corrected chi connectivity index (χ2v) is 6.63. The molecule has 0 unspecified atom stereocenters. The van der Waals surface area contributed by atoms with Gasteiger partial charge >= 0.3 is 0 Å². The van der Waals surface area contributed by atoms with E-state index in [1.165, 1.54) is 0 Å². The Morgan fingerprint density at radius 2 is 1.73 bits per heavy atom. The Hall–Kier alpha value is -0.510. The van der Waals surface area contributed by atoms with Crippen molar-refractivity contribution in [1.29, 1.82) is 0 Å². The van der Waals surface area contributed by atoms with E-state index in [9.17, 15) is 4.55 Å². The quantitative estimate of drug-likeness (QED) is 0.803. The molecule has 0 saturated carbocycles. The smallest absolute Gasteiger partial charge is 0.136 e.